The van der Waals surface area contributed by atoms with E-state index in [2.05, 4.69) is 39.2 Å². The van der Waals surface area contributed by atoms with Crippen molar-refractivity contribution in [1.29, 1.82) is 0 Å². The van der Waals surface area contributed by atoms with Crippen LogP contribution in [-0.4, -0.2) is 85.3 Å². The maximum Gasteiger partial charge on any atom is 0.484 e. The Morgan fingerprint density at radius 1 is 0.754 bits per heavy atom. The lowest BCUT2D eigenvalue weighted by molar-refractivity contribution is -0.165. The van der Waals surface area contributed by atoms with E-state index in [1.807, 2.05) is 78.9 Å². The van der Waals surface area contributed by atoms with Gasteiger partial charge in [0.2, 0.25) is 0 Å². The van der Waals surface area contributed by atoms with Gasteiger partial charge in [-0.25, -0.2) is 9.59 Å². The second kappa shape index (κ2) is 20.5. The minimum atomic E-state index is -1.18. The Hall–Kier alpha value is -4.74. The number of aliphatic carboxylic acids is 1. The third-order valence-electron chi connectivity index (χ3n) is 13.9. The van der Waals surface area contributed by atoms with E-state index in [0.29, 0.717) is 39.7 Å². The zero-order chi connectivity index (χ0) is 49.5. The highest BCUT2D eigenvalue weighted by Gasteiger charge is 2.41. The Bertz CT molecular complexity index is 2620. The molecule has 6 aliphatic rings. The van der Waals surface area contributed by atoms with Gasteiger partial charge in [-0.05, 0) is 203 Å². The quantitative estimate of drug-likeness (QED) is 0.101. The Kier molecular flexibility index (Phi) is 15.1. The van der Waals surface area contributed by atoms with Gasteiger partial charge < -0.3 is 38.8 Å². The van der Waals surface area contributed by atoms with Gasteiger partial charge in [-0.1, -0.05) is 24.3 Å². The molecule has 2 aromatic heterocycles. The zero-order valence-corrected chi connectivity index (χ0v) is 43.1. The number of hydrogen-bond acceptors (Lipinski definition) is 11. The van der Waals surface area contributed by atoms with Crippen molar-refractivity contribution < 1.29 is 48.4 Å². The van der Waals surface area contributed by atoms with Crippen molar-refractivity contribution in [1.82, 2.24) is 19.6 Å². The van der Waals surface area contributed by atoms with Crippen molar-refractivity contribution in [3.05, 3.63) is 86.8 Å². The molecule has 3 N–H and O–H groups in total. The summed E-state index contributed by atoms with van der Waals surface area (Å²) in [6.07, 6.45) is 13.5. The second-order valence-corrected chi connectivity index (χ2v) is 22.0. The van der Waals surface area contributed by atoms with Gasteiger partial charge in [0.15, 0.2) is 12.2 Å². The minimum absolute atomic E-state index is 0.456. The number of rotatable bonds is 10. The number of halogens is 1. The molecular weight excluding hydrogens is 943 g/mol. The lowest BCUT2D eigenvalue weighted by Crippen LogP contribution is -2.29. The number of esters is 1. The van der Waals surface area contributed by atoms with Crippen LogP contribution in [0.15, 0.2) is 58.6 Å². The first kappa shape index (κ1) is 50.6. The van der Waals surface area contributed by atoms with E-state index in [9.17, 15) is 14.7 Å². The number of hydrogen-bond donors (Lipinski definition) is 3. The molecule has 6 unspecified atom stereocenters. The summed E-state index contributed by atoms with van der Waals surface area (Å²) >= 11 is 3.55. The molecule has 16 heteroatoms. The van der Waals surface area contributed by atoms with E-state index >= 15 is 0 Å². The fourth-order valence-electron chi connectivity index (χ4n) is 11.0. The maximum absolute atomic E-state index is 12.5. The highest BCUT2D eigenvalue weighted by Crippen LogP contribution is 2.51. The lowest BCUT2D eigenvalue weighted by Gasteiger charge is -2.27. The molecule has 4 aromatic rings. The molecule has 2 aliphatic heterocycles. The summed E-state index contributed by atoms with van der Waals surface area (Å²) < 4.78 is 32.7. The Morgan fingerprint density at radius 2 is 1.28 bits per heavy atom. The molecule has 14 nitrogen and oxygen atoms in total. The maximum atomic E-state index is 12.5. The Balaban J connectivity index is 0.000000156. The Labute approximate surface area is 414 Å². The molecule has 0 saturated heterocycles. The van der Waals surface area contributed by atoms with E-state index in [-0.39, 0.29) is 0 Å². The molecule has 10 rings (SSSR count). The first-order valence-electron chi connectivity index (χ1n) is 24.5. The van der Waals surface area contributed by atoms with Crippen molar-refractivity contribution in [2.24, 2.45) is 37.8 Å². The number of benzene rings is 2. The molecule has 2 fully saturated rings. The number of aromatic nitrogens is 4. The van der Waals surface area contributed by atoms with E-state index in [1.54, 1.807) is 16.4 Å². The van der Waals surface area contributed by atoms with Gasteiger partial charge >= 0.3 is 19.1 Å². The number of carboxylic acids is 1. The largest absolute Gasteiger partial charge is 0.493 e. The van der Waals surface area contributed by atoms with Crippen LogP contribution < -0.4 is 9.47 Å². The van der Waals surface area contributed by atoms with E-state index in [4.69, 9.17) is 38.8 Å². The second-order valence-electron chi connectivity index (χ2n) is 21.2. The fraction of sp³-hybridized carbons (Fsp3) is 0.547. The number of ether oxygens (including phenoxy) is 5. The number of methoxy groups -OCH3 is 1. The van der Waals surface area contributed by atoms with Gasteiger partial charge in [-0.2, -0.15) is 10.2 Å². The van der Waals surface area contributed by atoms with Crippen LogP contribution in [0.3, 0.4) is 0 Å². The fourth-order valence-corrected chi connectivity index (χ4v) is 11.6. The van der Waals surface area contributed by atoms with E-state index in [0.717, 1.165) is 102 Å². The minimum Gasteiger partial charge on any atom is -0.493 e. The lowest BCUT2D eigenvalue weighted by atomic mass is 9.72. The standard InChI is InChI=1S/C26H32N2O4.C20H25BrN2O4.C7H11BO2/c1-26(2,3)32-24(25(29)30)23-21(18-9-10-20-17(14-18)6-5-11-31-20)22(27-28(23)4)19-13-15-7-8-16(19)12-15;1-20(2,3)27-17(19(24)25-5)16-15(18(21)22-23(16)4)13-8-9-14-12(11-13)7-6-10-26-14;9-8(10)7-4-5-1-2-6(7)3-5/h9-10,13-16,24H,5-8,11-12H2,1-4H3,(H,29,30);8-9,11,17H,6-7,10H2,1-5H3;4-6,9-10H,1-3H2. The average molecular weight is 1010 g/mol. The smallest absolute Gasteiger partial charge is 0.484 e. The number of allylic oxidation sites excluding steroid dienone is 4. The van der Waals surface area contributed by atoms with Crippen LogP contribution >= 0.6 is 15.9 Å². The number of carbonyl (C=O) groups is 2. The topological polar surface area (TPSA) is 177 Å². The van der Waals surface area contributed by atoms with Crippen LogP contribution in [0, 0.1) is 23.7 Å². The van der Waals surface area contributed by atoms with Gasteiger partial charge in [0.1, 0.15) is 16.1 Å². The molecule has 4 aliphatic carbocycles. The van der Waals surface area contributed by atoms with Gasteiger partial charge in [0.25, 0.3) is 0 Å². The SMILES string of the molecule is COC(=O)C(OC(C)(C)C)c1c(-c2ccc3c(c2)CCCO3)c(Br)nn1C.Cn1nc(C2=CC3CCC2C3)c(-c2ccc3c(c2)CCCO3)c1C(OC(C)(C)C)C(=O)O.OB(O)C1=CC2CCC1C2. The molecule has 2 saturated carbocycles. The van der Waals surface area contributed by atoms with Crippen LogP contribution in [0.4, 0.5) is 0 Å². The molecule has 0 spiro atoms. The van der Waals surface area contributed by atoms with Crippen LogP contribution in [0.1, 0.15) is 133 Å². The number of carboxylic acid groups (broad SMARTS) is 1. The molecule has 4 bridgehead atoms. The summed E-state index contributed by atoms with van der Waals surface area (Å²) in [7, 11) is 3.81. The van der Waals surface area contributed by atoms with Crippen molar-refractivity contribution in [3.8, 4) is 33.8 Å². The molecule has 0 radical (unpaired) electrons. The van der Waals surface area contributed by atoms with Gasteiger partial charge in [-0.3, -0.25) is 9.36 Å². The average Bonchev–Trinajstić information content (AvgIpc) is 4.19. The first-order chi connectivity index (χ1) is 32.7. The third kappa shape index (κ3) is 11.3. The highest BCUT2D eigenvalue weighted by molar-refractivity contribution is 9.10. The van der Waals surface area contributed by atoms with Gasteiger partial charge in [-0.15, -0.1) is 0 Å². The zero-order valence-electron chi connectivity index (χ0n) is 41.5. The molecule has 0 amide bonds. The van der Waals surface area contributed by atoms with Crippen molar-refractivity contribution in [3.63, 3.8) is 0 Å². The number of nitrogens with zero attached hydrogens (tertiary/aromatic N) is 4. The summed E-state index contributed by atoms with van der Waals surface area (Å²) in [5, 5.41) is 37.3. The highest BCUT2D eigenvalue weighted by atomic mass is 79.9. The molecule has 69 heavy (non-hydrogen) atoms. The predicted molar refractivity (Wildman–Crippen MR) is 267 cm³/mol. The molecular formula is C53H68BBrN4O10. The van der Waals surface area contributed by atoms with Gasteiger partial charge in [0, 0.05) is 25.2 Å². The van der Waals surface area contributed by atoms with E-state index < -0.39 is 42.5 Å². The van der Waals surface area contributed by atoms with Crippen LogP contribution in [0.2, 0.25) is 0 Å². The normalized spacial score (nSPS) is 21.8. The van der Waals surface area contributed by atoms with Crippen LogP contribution in [-0.2, 0) is 50.7 Å². The van der Waals surface area contributed by atoms with Crippen molar-refractivity contribution >= 4 is 40.6 Å². The van der Waals surface area contributed by atoms with Gasteiger partial charge in [0.05, 0.1) is 48.6 Å². The van der Waals surface area contributed by atoms with Crippen LogP contribution in [0.25, 0.3) is 27.8 Å². The first-order valence-corrected chi connectivity index (χ1v) is 25.3. The van der Waals surface area contributed by atoms with Crippen molar-refractivity contribution in [2.45, 2.75) is 129 Å². The summed E-state index contributed by atoms with van der Waals surface area (Å²) in [4.78, 5) is 24.9. The summed E-state index contributed by atoms with van der Waals surface area (Å²) in [6, 6.07) is 12.3. The molecule has 6 atom stereocenters. The summed E-state index contributed by atoms with van der Waals surface area (Å²) in [6.45, 7) is 12.9. The predicted octanol–water partition coefficient (Wildman–Crippen LogP) is 9.72. The molecule has 370 valence electrons. The Morgan fingerprint density at radius 3 is 1.74 bits per heavy atom. The summed E-state index contributed by atoms with van der Waals surface area (Å²) in [5.41, 5.74) is 9.15. The van der Waals surface area contributed by atoms with E-state index in [1.165, 1.54) is 43.9 Å². The van der Waals surface area contributed by atoms with Crippen LogP contribution in [0.5, 0.6) is 11.5 Å². The third-order valence-corrected chi connectivity index (χ3v) is 14.4. The monoisotopic (exact) mass is 1010 g/mol. The molecule has 2 aromatic carbocycles. The number of carbonyl (C=O) groups excluding carboxylic acids is 1. The number of fused-ring (bicyclic) bond motifs is 6. The van der Waals surface area contributed by atoms with Crippen molar-refractivity contribution in [2.75, 3.05) is 20.3 Å². The number of aryl methyl sites for hydroxylation is 4. The summed E-state index contributed by atoms with van der Waals surface area (Å²) in [5.74, 6) is 2.66. The molecule has 4 heterocycles.